The highest BCUT2D eigenvalue weighted by Crippen LogP contribution is 2.43. The van der Waals surface area contributed by atoms with Crippen molar-refractivity contribution in [1.82, 2.24) is 9.13 Å². The van der Waals surface area contributed by atoms with E-state index in [0.29, 0.717) is 11.3 Å². The Bertz CT molecular complexity index is 1180. The summed E-state index contributed by atoms with van der Waals surface area (Å²) in [5, 5.41) is 3.50. The van der Waals surface area contributed by atoms with Crippen molar-refractivity contribution in [2.45, 2.75) is 12.8 Å². The van der Waals surface area contributed by atoms with Crippen LogP contribution in [-0.4, -0.2) is 21.7 Å². The fourth-order valence-corrected chi connectivity index (χ4v) is 3.84. The Morgan fingerprint density at radius 2 is 1.97 bits per heavy atom. The van der Waals surface area contributed by atoms with Crippen molar-refractivity contribution in [1.29, 1.82) is 0 Å². The van der Waals surface area contributed by atoms with Gasteiger partial charge in [0.15, 0.2) is 0 Å². The number of fused-ring (bicyclic) bond motifs is 1. The smallest absolute Gasteiger partial charge is 0.337 e. The monoisotopic (exact) mass is 435 g/mol. The van der Waals surface area contributed by atoms with Gasteiger partial charge in [0.25, 0.3) is 5.56 Å². The van der Waals surface area contributed by atoms with Gasteiger partial charge in [0.05, 0.1) is 27.1 Å². The van der Waals surface area contributed by atoms with Crippen LogP contribution >= 0.6 is 23.2 Å². The SMILES string of the molecule is C=CCOC(=O)C1=C(C)Nc2c(c(=O)n(C)c(=O)n2C)C1c1cccc(Cl)c1Cl. The summed E-state index contributed by atoms with van der Waals surface area (Å²) in [6.45, 7) is 5.22. The molecule has 2 heterocycles. The Balaban J connectivity index is 2.40. The van der Waals surface area contributed by atoms with Crippen LogP contribution in [0.15, 0.2) is 51.7 Å². The molecule has 1 N–H and O–H groups in total. The first-order valence-corrected chi connectivity index (χ1v) is 9.45. The molecule has 1 atom stereocenters. The second-order valence-corrected chi connectivity index (χ2v) is 7.38. The summed E-state index contributed by atoms with van der Waals surface area (Å²) in [6, 6.07) is 4.98. The maximum atomic E-state index is 13.1. The molecule has 0 fully saturated rings. The third-order valence-corrected chi connectivity index (χ3v) is 5.66. The van der Waals surface area contributed by atoms with E-state index in [1.165, 1.54) is 17.7 Å². The van der Waals surface area contributed by atoms with Crippen LogP contribution in [0.1, 0.15) is 24.0 Å². The molecule has 0 amide bonds. The zero-order valence-electron chi connectivity index (χ0n) is 16.1. The molecule has 1 aliphatic heterocycles. The van der Waals surface area contributed by atoms with E-state index in [-0.39, 0.29) is 33.6 Å². The van der Waals surface area contributed by atoms with Crippen molar-refractivity contribution in [3.63, 3.8) is 0 Å². The summed E-state index contributed by atoms with van der Waals surface area (Å²) < 4.78 is 7.56. The molecule has 3 rings (SSSR count). The lowest BCUT2D eigenvalue weighted by molar-refractivity contribution is -0.138. The van der Waals surface area contributed by atoms with Gasteiger partial charge in [-0.1, -0.05) is 48.0 Å². The normalized spacial score (nSPS) is 15.6. The van der Waals surface area contributed by atoms with E-state index < -0.39 is 23.1 Å². The van der Waals surface area contributed by atoms with Crippen molar-refractivity contribution in [3.8, 4) is 0 Å². The molecule has 9 heteroatoms. The molecule has 1 unspecified atom stereocenters. The van der Waals surface area contributed by atoms with Crippen LogP contribution in [0.4, 0.5) is 5.82 Å². The molecule has 7 nitrogen and oxygen atoms in total. The fraction of sp³-hybridized carbons (Fsp3) is 0.250. The Morgan fingerprint density at radius 1 is 1.28 bits per heavy atom. The predicted octanol–water partition coefficient (Wildman–Crippen LogP) is 2.95. The van der Waals surface area contributed by atoms with Crippen LogP contribution in [0.25, 0.3) is 0 Å². The summed E-state index contributed by atoms with van der Waals surface area (Å²) in [4.78, 5) is 38.4. The van der Waals surface area contributed by atoms with Crippen LogP contribution in [0.2, 0.25) is 10.0 Å². The second-order valence-electron chi connectivity index (χ2n) is 6.59. The molecule has 0 aliphatic carbocycles. The molecule has 29 heavy (non-hydrogen) atoms. The van der Waals surface area contributed by atoms with Crippen molar-refractivity contribution in [2.24, 2.45) is 14.1 Å². The highest BCUT2D eigenvalue weighted by Gasteiger charge is 2.38. The van der Waals surface area contributed by atoms with Gasteiger partial charge in [-0.15, -0.1) is 0 Å². The molecule has 1 aromatic heterocycles. The number of allylic oxidation sites excluding steroid dienone is 1. The van der Waals surface area contributed by atoms with E-state index >= 15 is 0 Å². The third-order valence-electron chi connectivity index (χ3n) is 4.83. The Kier molecular flexibility index (Phi) is 5.73. The van der Waals surface area contributed by atoms with Gasteiger partial charge in [-0.2, -0.15) is 0 Å². The number of ether oxygens (including phenoxy) is 1. The first-order chi connectivity index (χ1) is 13.7. The molecule has 152 valence electrons. The summed E-state index contributed by atoms with van der Waals surface area (Å²) in [5.41, 5.74) is 0.272. The number of nitrogens with zero attached hydrogens (tertiary/aromatic N) is 2. The number of carbonyl (C=O) groups is 1. The van der Waals surface area contributed by atoms with E-state index in [1.54, 1.807) is 32.2 Å². The van der Waals surface area contributed by atoms with Crippen molar-refractivity contribution in [2.75, 3.05) is 11.9 Å². The van der Waals surface area contributed by atoms with Crippen LogP contribution in [0.3, 0.4) is 0 Å². The van der Waals surface area contributed by atoms with Gasteiger partial charge in [-0.3, -0.25) is 13.9 Å². The molecule has 1 aromatic carbocycles. The quantitative estimate of drug-likeness (QED) is 0.589. The Labute approximate surface area is 176 Å². The summed E-state index contributed by atoms with van der Waals surface area (Å²) in [7, 11) is 2.92. The topological polar surface area (TPSA) is 82.3 Å². The number of rotatable bonds is 4. The molecule has 0 spiro atoms. The van der Waals surface area contributed by atoms with E-state index in [9.17, 15) is 14.4 Å². The molecule has 0 bridgehead atoms. The van der Waals surface area contributed by atoms with Gasteiger partial charge < -0.3 is 10.1 Å². The van der Waals surface area contributed by atoms with Gasteiger partial charge >= 0.3 is 11.7 Å². The number of anilines is 1. The highest BCUT2D eigenvalue weighted by atomic mass is 35.5. The highest BCUT2D eigenvalue weighted by molar-refractivity contribution is 6.42. The Morgan fingerprint density at radius 3 is 2.62 bits per heavy atom. The minimum absolute atomic E-state index is 0.00372. The molecular formula is C20H19Cl2N3O4. The summed E-state index contributed by atoms with van der Waals surface area (Å²) in [5.74, 6) is -1.21. The number of halogens is 2. The number of carbonyl (C=O) groups excluding carboxylic acids is 1. The standard InChI is InChI=1S/C20H19Cl2N3O4/c1-5-9-29-19(27)13-10(2)23-17-15(18(26)25(4)20(28)24(17)3)14(13)11-7-6-8-12(21)16(11)22/h5-8,14,23H,1,9H2,2-4H3. The average molecular weight is 436 g/mol. The Hall–Kier alpha value is -2.77. The molecular weight excluding hydrogens is 417 g/mol. The maximum Gasteiger partial charge on any atom is 0.337 e. The lowest BCUT2D eigenvalue weighted by Crippen LogP contribution is -2.43. The number of hydrogen-bond acceptors (Lipinski definition) is 5. The second kappa shape index (κ2) is 7.93. The summed E-state index contributed by atoms with van der Waals surface area (Å²) in [6.07, 6.45) is 1.45. The maximum absolute atomic E-state index is 13.1. The molecule has 0 saturated heterocycles. The van der Waals surface area contributed by atoms with Crippen LogP contribution < -0.4 is 16.6 Å². The van der Waals surface area contributed by atoms with E-state index in [1.807, 2.05) is 0 Å². The first kappa shape index (κ1) is 21.0. The minimum Gasteiger partial charge on any atom is -0.458 e. The van der Waals surface area contributed by atoms with E-state index in [2.05, 4.69) is 11.9 Å². The predicted molar refractivity (Wildman–Crippen MR) is 113 cm³/mol. The van der Waals surface area contributed by atoms with Gasteiger partial charge in [-0.05, 0) is 18.6 Å². The van der Waals surface area contributed by atoms with Gasteiger partial charge in [-0.25, -0.2) is 9.59 Å². The van der Waals surface area contributed by atoms with Crippen molar-refractivity contribution in [3.05, 3.63) is 84.1 Å². The first-order valence-electron chi connectivity index (χ1n) is 8.70. The van der Waals surface area contributed by atoms with Crippen LogP contribution in [0.5, 0.6) is 0 Å². The molecule has 1 aliphatic rings. The minimum atomic E-state index is -0.875. The van der Waals surface area contributed by atoms with E-state index in [0.717, 1.165) is 4.57 Å². The summed E-state index contributed by atoms with van der Waals surface area (Å²) >= 11 is 12.7. The number of hydrogen-bond donors (Lipinski definition) is 1. The number of aromatic nitrogens is 2. The third kappa shape index (κ3) is 3.41. The van der Waals surface area contributed by atoms with Crippen LogP contribution in [0, 0.1) is 0 Å². The van der Waals surface area contributed by atoms with Crippen LogP contribution in [-0.2, 0) is 23.6 Å². The van der Waals surface area contributed by atoms with Gasteiger partial charge in [0, 0.05) is 19.8 Å². The largest absolute Gasteiger partial charge is 0.458 e. The van der Waals surface area contributed by atoms with Crippen molar-refractivity contribution < 1.29 is 9.53 Å². The van der Waals surface area contributed by atoms with Crippen molar-refractivity contribution >= 4 is 35.0 Å². The molecule has 0 radical (unpaired) electrons. The van der Waals surface area contributed by atoms with Gasteiger partial charge in [0.2, 0.25) is 0 Å². The average Bonchev–Trinajstić information content (AvgIpc) is 2.70. The number of benzene rings is 1. The number of nitrogens with one attached hydrogen (secondary N) is 1. The lowest BCUT2D eigenvalue weighted by Gasteiger charge is -2.31. The van der Waals surface area contributed by atoms with E-state index in [4.69, 9.17) is 27.9 Å². The number of esters is 1. The zero-order chi connectivity index (χ0) is 21.5. The van der Waals surface area contributed by atoms with Gasteiger partial charge in [0.1, 0.15) is 12.4 Å². The molecule has 2 aromatic rings. The fourth-order valence-electron chi connectivity index (χ4n) is 3.43. The zero-order valence-corrected chi connectivity index (χ0v) is 17.6. The molecule has 0 saturated carbocycles. The lowest BCUT2D eigenvalue weighted by atomic mass is 9.82.